The Balaban J connectivity index is 2.51. The van der Waals surface area contributed by atoms with Crippen molar-refractivity contribution in [2.24, 2.45) is 0 Å². The summed E-state index contributed by atoms with van der Waals surface area (Å²) in [5.41, 5.74) is -0.668. The van der Waals surface area contributed by atoms with Crippen LogP contribution in [-0.4, -0.2) is 23.9 Å². The lowest BCUT2D eigenvalue weighted by molar-refractivity contribution is -0.0291. The first-order valence-electron chi connectivity index (χ1n) is 4.09. The van der Waals surface area contributed by atoms with Gasteiger partial charge in [-0.2, -0.15) is 0 Å². The third-order valence-electron chi connectivity index (χ3n) is 2.43. The summed E-state index contributed by atoms with van der Waals surface area (Å²) in [6.07, 6.45) is 5.47. The number of aliphatic hydroxyl groups is 1. The van der Waals surface area contributed by atoms with Crippen LogP contribution in [-0.2, 0) is 4.74 Å². The van der Waals surface area contributed by atoms with Crippen molar-refractivity contribution in [2.45, 2.75) is 37.4 Å². The highest BCUT2D eigenvalue weighted by Crippen LogP contribution is 2.30. The fourth-order valence-corrected chi connectivity index (χ4v) is 1.62. The van der Waals surface area contributed by atoms with Crippen molar-refractivity contribution in [1.29, 1.82) is 0 Å². The molecule has 0 radical (unpaired) electrons. The minimum absolute atomic E-state index is 0.215. The highest BCUT2D eigenvalue weighted by atomic mass is 16.5. The van der Waals surface area contributed by atoms with E-state index in [2.05, 4.69) is 6.58 Å². The summed E-state index contributed by atoms with van der Waals surface area (Å²) in [5, 5.41) is 9.78. The zero-order chi connectivity index (χ0) is 8.32. The third kappa shape index (κ3) is 2.04. The SMILES string of the molecule is C=CC1(O)CCCC(OC)C1. The lowest BCUT2D eigenvalue weighted by Crippen LogP contribution is -2.36. The van der Waals surface area contributed by atoms with Crippen LogP contribution in [0.4, 0.5) is 0 Å². The molecule has 2 nitrogen and oxygen atoms in total. The summed E-state index contributed by atoms with van der Waals surface area (Å²) in [5.74, 6) is 0. The van der Waals surface area contributed by atoms with Crippen LogP contribution in [0.3, 0.4) is 0 Å². The summed E-state index contributed by atoms with van der Waals surface area (Å²) >= 11 is 0. The maximum absolute atomic E-state index is 9.78. The molecule has 0 aromatic carbocycles. The van der Waals surface area contributed by atoms with Gasteiger partial charge in [0.05, 0.1) is 11.7 Å². The second kappa shape index (κ2) is 3.37. The fourth-order valence-electron chi connectivity index (χ4n) is 1.62. The smallest absolute Gasteiger partial charge is 0.0849 e. The van der Waals surface area contributed by atoms with Crippen molar-refractivity contribution in [3.63, 3.8) is 0 Å². The molecule has 0 amide bonds. The molecule has 11 heavy (non-hydrogen) atoms. The standard InChI is InChI=1S/C9H16O2/c1-3-9(10)6-4-5-8(7-9)11-2/h3,8,10H,1,4-7H2,2H3. The Kier molecular flexibility index (Phi) is 2.68. The van der Waals surface area contributed by atoms with Crippen LogP contribution in [0.2, 0.25) is 0 Å². The summed E-state index contributed by atoms with van der Waals surface area (Å²) in [7, 11) is 1.69. The van der Waals surface area contributed by atoms with E-state index in [4.69, 9.17) is 4.74 Å². The molecular weight excluding hydrogens is 140 g/mol. The predicted octanol–water partition coefficient (Wildman–Crippen LogP) is 1.49. The van der Waals surface area contributed by atoms with Crippen molar-refractivity contribution in [1.82, 2.24) is 0 Å². The molecule has 0 heterocycles. The molecular formula is C9H16O2. The quantitative estimate of drug-likeness (QED) is 0.614. The molecule has 1 rings (SSSR count). The van der Waals surface area contributed by atoms with Crippen molar-refractivity contribution in [2.75, 3.05) is 7.11 Å². The lowest BCUT2D eigenvalue weighted by atomic mass is 9.83. The summed E-state index contributed by atoms with van der Waals surface area (Å²) in [6.45, 7) is 3.62. The van der Waals surface area contributed by atoms with E-state index in [0.29, 0.717) is 6.42 Å². The zero-order valence-electron chi connectivity index (χ0n) is 7.05. The molecule has 1 saturated carbocycles. The molecule has 0 aliphatic heterocycles. The first kappa shape index (κ1) is 8.75. The Morgan fingerprint density at radius 2 is 2.45 bits per heavy atom. The van der Waals surface area contributed by atoms with E-state index in [1.54, 1.807) is 13.2 Å². The Hall–Kier alpha value is -0.340. The monoisotopic (exact) mass is 156 g/mol. The van der Waals surface area contributed by atoms with Crippen LogP contribution in [0.5, 0.6) is 0 Å². The normalized spacial score (nSPS) is 38.5. The number of ether oxygens (including phenoxy) is 1. The van der Waals surface area contributed by atoms with E-state index in [0.717, 1.165) is 19.3 Å². The van der Waals surface area contributed by atoms with Crippen LogP contribution < -0.4 is 0 Å². The first-order valence-corrected chi connectivity index (χ1v) is 4.09. The molecule has 0 aromatic rings. The predicted molar refractivity (Wildman–Crippen MR) is 44.4 cm³/mol. The van der Waals surface area contributed by atoms with Gasteiger partial charge in [0.1, 0.15) is 0 Å². The summed E-state index contributed by atoms with van der Waals surface area (Å²) in [4.78, 5) is 0. The van der Waals surface area contributed by atoms with Gasteiger partial charge in [0.25, 0.3) is 0 Å². The van der Waals surface area contributed by atoms with Gasteiger partial charge < -0.3 is 9.84 Å². The molecule has 64 valence electrons. The molecule has 2 unspecified atom stereocenters. The molecule has 1 N–H and O–H groups in total. The average molecular weight is 156 g/mol. The van der Waals surface area contributed by atoms with Gasteiger partial charge in [-0.05, 0) is 19.3 Å². The number of hydrogen-bond acceptors (Lipinski definition) is 2. The van der Waals surface area contributed by atoms with Crippen molar-refractivity contribution in [3.05, 3.63) is 12.7 Å². The van der Waals surface area contributed by atoms with Gasteiger partial charge >= 0.3 is 0 Å². The van der Waals surface area contributed by atoms with E-state index in [9.17, 15) is 5.11 Å². The Bertz CT molecular complexity index is 144. The average Bonchev–Trinajstić information content (AvgIpc) is 2.05. The van der Waals surface area contributed by atoms with E-state index >= 15 is 0 Å². The van der Waals surface area contributed by atoms with Crippen LogP contribution in [0, 0.1) is 0 Å². The van der Waals surface area contributed by atoms with Gasteiger partial charge in [-0.25, -0.2) is 0 Å². The Morgan fingerprint density at radius 1 is 1.73 bits per heavy atom. The second-order valence-electron chi connectivity index (χ2n) is 3.26. The van der Waals surface area contributed by atoms with Crippen LogP contribution in [0.15, 0.2) is 12.7 Å². The second-order valence-corrected chi connectivity index (χ2v) is 3.26. The molecule has 0 aromatic heterocycles. The molecule has 1 aliphatic rings. The minimum atomic E-state index is -0.668. The minimum Gasteiger partial charge on any atom is -0.386 e. The molecule has 2 atom stereocenters. The van der Waals surface area contributed by atoms with Crippen molar-refractivity contribution < 1.29 is 9.84 Å². The first-order chi connectivity index (χ1) is 5.20. The van der Waals surface area contributed by atoms with E-state index < -0.39 is 5.60 Å². The van der Waals surface area contributed by atoms with E-state index in [1.807, 2.05) is 0 Å². The lowest BCUT2D eigenvalue weighted by Gasteiger charge is -2.33. The van der Waals surface area contributed by atoms with Gasteiger partial charge in [-0.1, -0.05) is 6.08 Å². The van der Waals surface area contributed by atoms with Crippen molar-refractivity contribution in [3.8, 4) is 0 Å². The van der Waals surface area contributed by atoms with Gasteiger partial charge in [0.15, 0.2) is 0 Å². The molecule has 0 spiro atoms. The van der Waals surface area contributed by atoms with E-state index in [1.165, 1.54) is 0 Å². The third-order valence-corrected chi connectivity index (χ3v) is 2.43. The van der Waals surface area contributed by atoms with Gasteiger partial charge in [0.2, 0.25) is 0 Å². The number of hydrogen-bond donors (Lipinski definition) is 1. The highest BCUT2D eigenvalue weighted by Gasteiger charge is 2.31. The molecule has 1 fully saturated rings. The van der Waals surface area contributed by atoms with Crippen LogP contribution in [0.1, 0.15) is 25.7 Å². The van der Waals surface area contributed by atoms with Crippen LogP contribution >= 0.6 is 0 Å². The maximum atomic E-state index is 9.78. The highest BCUT2D eigenvalue weighted by molar-refractivity contribution is 4.99. The number of methoxy groups -OCH3 is 1. The zero-order valence-corrected chi connectivity index (χ0v) is 7.05. The Labute approximate surface area is 67.9 Å². The summed E-state index contributed by atoms with van der Waals surface area (Å²) < 4.78 is 5.18. The van der Waals surface area contributed by atoms with Gasteiger partial charge in [-0.15, -0.1) is 6.58 Å². The topological polar surface area (TPSA) is 29.5 Å². The molecule has 1 aliphatic carbocycles. The Morgan fingerprint density at radius 3 is 3.00 bits per heavy atom. The van der Waals surface area contributed by atoms with Crippen LogP contribution in [0.25, 0.3) is 0 Å². The number of rotatable bonds is 2. The molecule has 0 saturated heterocycles. The fraction of sp³-hybridized carbons (Fsp3) is 0.778. The van der Waals surface area contributed by atoms with Gasteiger partial charge in [0, 0.05) is 13.5 Å². The van der Waals surface area contributed by atoms with Crippen molar-refractivity contribution >= 4 is 0 Å². The molecule has 2 heteroatoms. The van der Waals surface area contributed by atoms with E-state index in [-0.39, 0.29) is 6.10 Å². The maximum Gasteiger partial charge on any atom is 0.0849 e. The van der Waals surface area contributed by atoms with Gasteiger partial charge in [-0.3, -0.25) is 0 Å². The summed E-state index contributed by atoms with van der Waals surface area (Å²) in [6, 6.07) is 0. The largest absolute Gasteiger partial charge is 0.386 e. The molecule has 0 bridgehead atoms.